The number of carbonyl (C=O) groups is 4. The molecule has 9 heteroatoms. The van der Waals surface area contributed by atoms with Gasteiger partial charge in [0.1, 0.15) is 0 Å². The van der Waals surface area contributed by atoms with E-state index in [1.807, 2.05) is 18.2 Å². The smallest absolute Gasteiger partial charge is 0.337 e. The fourth-order valence-corrected chi connectivity index (χ4v) is 2.74. The molecule has 30 heavy (non-hydrogen) atoms. The van der Waals surface area contributed by atoms with Gasteiger partial charge in [0.05, 0.1) is 25.3 Å². The van der Waals surface area contributed by atoms with Gasteiger partial charge >= 0.3 is 17.9 Å². The number of esters is 3. The highest BCUT2D eigenvalue weighted by atomic mass is 79.9. The van der Waals surface area contributed by atoms with E-state index in [4.69, 9.17) is 4.74 Å². The third kappa shape index (κ3) is 6.85. The molecule has 8 nitrogen and oxygen atoms in total. The average Bonchev–Trinajstić information content (AvgIpc) is 2.74. The fraction of sp³-hybridized carbons (Fsp3) is 0.143. The van der Waals surface area contributed by atoms with Crippen molar-refractivity contribution >= 4 is 51.5 Å². The van der Waals surface area contributed by atoms with Crippen LogP contribution >= 0.6 is 15.9 Å². The number of ether oxygens (including phenoxy) is 3. The van der Waals surface area contributed by atoms with Crippen molar-refractivity contribution in [1.29, 1.82) is 0 Å². The van der Waals surface area contributed by atoms with E-state index >= 15 is 0 Å². The Hall–Kier alpha value is -3.46. The molecule has 0 aliphatic carbocycles. The maximum Gasteiger partial charge on any atom is 0.337 e. The predicted octanol–water partition coefficient (Wildman–Crippen LogP) is 3.22. The van der Waals surface area contributed by atoms with E-state index in [-0.39, 0.29) is 16.8 Å². The van der Waals surface area contributed by atoms with E-state index in [1.165, 1.54) is 38.5 Å². The molecule has 0 aliphatic rings. The molecule has 0 heterocycles. The van der Waals surface area contributed by atoms with Gasteiger partial charge in [-0.1, -0.05) is 28.1 Å². The van der Waals surface area contributed by atoms with E-state index in [9.17, 15) is 19.2 Å². The summed E-state index contributed by atoms with van der Waals surface area (Å²) >= 11 is 3.33. The number of hydrogen-bond donors (Lipinski definition) is 1. The lowest BCUT2D eigenvalue weighted by molar-refractivity contribution is -0.142. The second-order valence-electron chi connectivity index (χ2n) is 5.83. The number of benzene rings is 2. The highest BCUT2D eigenvalue weighted by Crippen LogP contribution is 2.17. The van der Waals surface area contributed by atoms with Gasteiger partial charge in [0, 0.05) is 16.2 Å². The van der Waals surface area contributed by atoms with Gasteiger partial charge in [0.25, 0.3) is 5.91 Å². The number of hydrogen-bond acceptors (Lipinski definition) is 7. The van der Waals surface area contributed by atoms with Crippen LogP contribution in [0.15, 0.2) is 53.0 Å². The standard InChI is InChI=1S/C21H18BrNO7/c1-28-20(26)14-9-15(21(27)29-2)11-17(10-14)23-18(24)12-30-19(25)7-6-13-4-3-5-16(22)8-13/h3-11H,12H2,1-2H3,(H,23,24)/b7-6+. The summed E-state index contributed by atoms with van der Waals surface area (Å²) in [4.78, 5) is 47.4. The number of anilines is 1. The second kappa shape index (κ2) is 10.9. The van der Waals surface area contributed by atoms with Gasteiger partial charge in [0.2, 0.25) is 0 Å². The van der Waals surface area contributed by atoms with Crippen molar-refractivity contribution in [2.24, 2.45) is 0 Å². The van der Waals surface area contributed by atoms with E-state index in [1.54, 1.807) is 12.1 Å². The number of amides is 1. The zero-order chi connectivity index (χ0) is 22.1. The van der Waals surface area contributed by atoms with Gasteiger partial charge < -0.3 is 19.5 Å². The highest BCUT2D eigenvalue weighted by molar-refractivity contribution is 9.10. The van der Waals surface area contributed by atoms with Crippen molar-refractivity contribution in [3.63, 3.8) is 0 Å². The number of halogens is 1. The van der Waals surface area contributed by atoms with Gasteiger partial charge in [-0.25, -0.2) is 14.4 Å². The number of rotatable bonds is 7. The Morgan fingerprint density at radius 1 is 0.967 bits per heavy atom. The molecular weight excluding hydrogens is 458 g/mol. The predicted molar refractivity (Wildman–Crippen MR) is 112 cm³/mol. The first-order valence-electron chi connectivity index (χ1n) is 8.54. The zero-order valence-corrected chi connectivity index (χ0v) is 17.7. The van der Waals surface area contributed by atoms with Crippen LogP contribution in [0, 0.1) is 0 Å². The van der Waals surface area contributed by atoms with E-state index in [0.29, 0.717) is 0 Å². The van der Waals surface area contributed by atoms with Crippen molar-refractivity contribution in [2.75, 3.05) is 26.1 Å². The van der Waals surface area contributed by atoms with Crippen molar-refractivity contribution < 1.29 is 33.4 Å². The molecule has 2 aromatic rings. The highest BCUT2D eigenvalue weighted by Gasteiger charge is 2.15. The minimum atomic E-state index is -0.705. The third-order valence-corrected chi connectivity index (χ3v) is 4.16. The first kappa shape index (κ1) is 22.8. The molecule has 2 aromatic carbocycles. The molecule has 0 bridgehead atoms. The number of carbonyl (C=O) groups excluding carboxylic acids is 4. The van der Waals surface area contributed by atoms with E-state index < -0.39 is 30.4 Å². The van der Waals surface area contributed by atoms with Crippen LogP contribution in [-0.4, -0.2) is 44.6 Å². The molecule has 0 fully saturated rings. The van der Waals surface area contributed by atoms with Crippen molar-refractivity contribution in [3.05, 3.63) is 69.7 Å². The maximum atomic E-state index is 12.1. The summed E-state index contributed by atoms with van der Waals surface area (Å²) in [5.74, 6) is -2.75. The molecule has 0 atom stereocenters. The molecule has 156 valence electrons. The first-order chi connectivity index (χ1) is 14.3. The number of nitrogens with one attached hydrogen (secondary N) is 1. The van der Waals surface area contributed by atoms with Crippen LogP contribution in [0.1, 0.15) is 26.3 Å². The summed E-state index contributed by atoms with van der Waals surface area (Å²) in [5.41, 5.74) is 1.01. The zero-order valence-electron chi connectivity index (χ0n) is 16.1. The number of methoxy groups -OCH3 is 2. The van der Waals surface area contributed by atoms with Crippen LogP contribution in [0.25, 0.3) is 6.08 Å². The molecule has 0 unspecified atom stereocenters. The second-order valence-corrected chi connectivity index (χ2v) is 6.74. The van der Waals surface area contributed by atoms with Gasteiger partial charge in [-0.15, -0.1) is 0 Å². The van der Waals surface area contributed by atoms with Gasteiger partial charge in [-0.05, 0) is 42.0 Å². The van der Waals surface area contributed by atoms with Gasteiger partial charge in [-0.3, -0.25) is 4.79 Å². The lowest BCUT2D eigenvalue weighted by Gasteiger charge is -2.09. The quantitative estimate of drug-likeness (QED) is 0.372. The van der Waals surface area contributed by atoms with Crippen LogP contribution in [0.2, 0.25) is 0 Å². The topological polar surface area (TPSA) is 108 Å². The molecule has 1 N–H and O–H groups in total. The normalized spacial score (nSPS) is 10.4. The third-order valence-electron chi connectivity index (χ3n) is 3.67. The Labute approximate surface area is 180 Å². The van der Waals surface area contributed by atoms with E-state index in [0.717, 1.165) is 10.0 Å². The average molecular weight is 476 g/mol. The van der Waals surface area contributed by atoms with Gasteiger partial charge in [-0.2, -0.15) is 0 Å². The molecule has 0 spiro atoms. The van der Waals surface area contributed by atoms with Crippen molar-refractivity contribution in [2.45, 2.75) is 0 Å². The first-order valence-corrected chi connectivity index (χ1v) is 9.33. The lowest BCUT2D eigenvalue weighted by Crippen LogP contribution is -2.20. The van der Waals surface area contributed by atoms with Crippen LogP contribution in [0.3, 0.4) is 0 Å². The molecule has 1 amide bonds. The molecule has 2 rings (SSSR count). The Bertz CT molecular complexity index is 966. The largest absolute Gasteiger partial charge is 0.465 e. The monoisotopic (exact) mass is 475 g/mol. The van der Waals surface area contributed by atoms with Crippen molar-refractivity contribution in [1.82, 2.24) is 0 Å². The summed E-state index contributed by atoms with van der Waals surface area (Å²) in [5, 5.41) is 2.46. The Balaban J connectivity index is 2.00. The van der Waals surface area contributed by atoms with Gasteiger partial charge in [0.15, 0.2) is 6.61 Å². The summed E-state index contributed by atoms with van der Waals surface area (Å²) < 4.78 is 15.0. The fourth-order valence-electron chi connectivity index (χ4n) is 2.33. The van der Waals surface area contributed by atoms with E-state index in [2.05, 4.69) is 30.7 Å². The minimum absolute atomic E-state index is 0.0460. The minimum Gasteiger partial charge on any atom is -0.465 e. The Morgan fingerprint density at radius 3 is 2.17 bits per heavy atom. The summed E-state index contributed by atoms with van der Waals surface area (Å²) in [6, 6.07) is 11.2. The molecular formula is C21H18BrNO7. The summed E-state index contributed by atoms with van der Waals surface area (Å²) in [7, 11) is 2.37. The Kier molecular flexibility index (Phi) is 8.30. The van der Waals surface area contributed by atoms with Crippen LogP contribution in [0.5, 0.6) is 0 Å². The SMILES string of the molecule is COC(=O)c1cc(NC(=O)COC(=O)/C=C/c2cccc(Br)c2)cc(C(=O)OC)c1. The maximum absolute atomic E-state index is 12.1. The van der Waals surface area contributed by atoms with Crippen LogP contribution in [-0.2, 0) is 23.8 Å². The summed E-state index contributed by atoms with van der Waals surface area (Å²) in [6.07, 6.45) is 2.75. The molecule has 0 radical (unpaired) electrons. The van der Waals surface area contributed by atoms with Crippen molar-refractivity contribution in [3.8, 4) is 0 Å². The van der Waals surface area contributed by atoms with Crippen LogP contribution < -0.4 is 5.32 Å². The lowest BCUT2D eigenvalue weighted by atomic mass is 10.1. The molecule has 0 aromatic heterocycles. The van der Waals surface area contributed by atoms with Crippen LogP contribution in [0.4, 0.5) is 5.69 Å². The molecule has 0 saturated heterocycles. The molecule has 0 saturated carbocycles. The summed E-state index contributed by atoms with van der Waals surface area (Å²) in [6.45, 7) is -0.558. The molecule has 0 aliphatic heterocycles. The Morgan fingerprint density at radius 2 is 1.60 bits per heavy atom.